The van der Waals surface area contributed by atoms with E-state index in [0.29, 0.717) is 5.57 Å². The lowest BCUT2D eigenvalue weighted by atomic mass is 9.94. The van der Waals surface area contributed by atoms with E-state index >= 15 is 0 Å². The zero-order valence-electron chi connectivity index (χ0n) is 10.1. The van der Waals surface area contributed by atoms with Crippen LogP contribution in [0.1, 0.15) is 17.2 Å². The van der Waals surface area contributed by atoms with Crippen molar-refractivity contribution in [2.24, 2.45) is 0 Å². The molecule has 3 heteroatoms. The van der Waals surface area contributed by atoms with Gasteiger partial charge in [-0.1, -0.05) is 30.3 Å². The van der Waals surface area contributed by atoms with Crippen molar-refractivity contribution in [3.05, 3.63) is 71.6 Å². The SMILES string of the molecule is O=CC1=C[C@@H](c2ccc(F)cc2)Nc2ccccc21. The molecule has 0 saturated heterocycles. The van der Waals surface area contributed by atoms with E-state index in [0.717, 1.165) is 23.1 Å². The monoisotopic (exact) mass is 253 g/mol. The first-order valence-corrected chi connectivity index (χ1v) is 6.06. The van der Waals surface area contributed by atoms with Gasteiger partial charge in [0, 0.05) is 16.8 Å². The summed E-state index contributed by atoms with van der Waals surface area (Å²) in [6, 6.07) is 13.8. The number of hydrogen-bond donors (Lipinski definition) is 1. The summed E-state index contributed by atoms with van der Waals surface area (Å²) in [5, 5.41) is 3.34. The van der Waals surface area contributed by atoms with Gasteiger partial charge in [0.15, 0.2) is 0 Å². The van der Waals surface area contributed by atoms with Crippen molar-refractivity contribution in [3.63, 3.8) is 0 Å². The highest BCUT2D eigenvalue weighted by molar-refractivity contribution is 6.10. The Morgan fingerprint density at radius 1 is 1.05 bits per heavy atom. The predicted molar refractivity (Wildman–Crippen MR) is 73.2 cm³/mol. The summed E-state index contributed by atoms with van der Waals surface area (Å²) in [6.45, 7) is 0. The van der Waals surface area contributed by atoms with Crippen LogP contribution in [0.3, 0.4) is 0 Å². The van der Waals surface area contributed by atoms with Crippen LogP contribution < -0.4 is 5.32 Å². The molecular weight excluding hydrogens is 241 g/mol. The van der Waals surface area contributed by atoms with Crippen molar-refractivity contribution in [3.8, 4) is 0 Å². The van der Waals surface area contributed by atoms with Crippen LogP contribution in [0.25, 0.3) is 5.57 Å². The van der Waals surface area contributed by atoms with Crippen molar-refractivity contribution in [2.45, 2.75) is 6.04 Å². The maximum atomic E-state index is 12.9. The predicted octanol–water partition coefficient (Wildman–Crippen LogP) is 3.57. The number of fused-ring (bicyclic) bond motifs is 1. The van der Waals surface area contributed by atoms with Crippen LogP contribution in [0.15, 0.2) is 54.6 Å². The minimum absolute atomic E-state index is 0.115. The van der Waals surface area contributed by atoms with Crippen LogP contribution in [-0.2, 0) is 4.79 Å². The quantitative estimate of drug-likeness (QED) is 0.829. The molecule has 1 N–H and O–H groups in total. The Kier molecular flexibility index (Phi) is 2.88. The average Bonchev–Trinajstić information content (AvgIpc) is 2.47. The molecule has 0 saturated carbocycles. The van der Waals surface area contributed by atoms with Gasteiger partial charge in [-0.05, 0) is 29.8 Å². The summed E-state index contributed by atoms with van der Waals surface area (Å²) in [5.74, 6) is -0.264. The summed E-state index contributed by atoms with van der Waals surface area (Å²) in [6.07, 6.45) is 2.72. The van der Waals surface area contributed by atoms with Crippen molar-refractivity contribution >= 4 is 17.5 Å². The summed E-state index contributed by atoms with van der Waals surface area (Å²) in [5.41, 5.74) is 3.40. The van der Waals surface area contributed by atoms with E-state index in [2.05, 4.69) is 5.32 Å². The summed E-state index contributed by atoms with van der Waals surface area (Å²) in [7, 11) is 0. The van der Waals surface area contributed by atoms with Crippen LogP contribution in [-0.4, -0.2) is 6.29 Å². The first-order valence-electron chi connectivity index (χ1n) is 6.06. The first-order chi connectivity index (χ1) is 9.28. The van der Waals surface area contributed by atoms with E-state index in [1.807, 2.05) is 30.3 Å². The van der Waals surface area contributed by atoms with Gasteiger partial charge in [0.05, 0.1) is 6.04 Å². The van der Waals surface area contributed by atoms with Gasteiger partial charge in [-0.3, -0.25) is 4.79 Å². The summed E-state index contributed by atoms with van der Waals surface area (Å²) < 4.78 is 12.9. The molecule has 19 heavy (non-hydrogen) atoms. The van der Waals surface area contributed by atoms with Crippen LogP contribution >= 0.6 is 0 Å². The van der Waals surface area contributed by atoms with Gasteiger partial charge in [-0.15, -0.1) is 0 Å². The van der Waals surface area contributed by atoms with Crippen molar-refractivity contribution in [1.29, 1.82) is 0 Å². The maximum absolute atomic E-state index is 12.9. The molecule has 3 rings (SSSR count). The summed E-state index contributed by atoms with van der Waals surface area (Å²) in [4.78, 5) is 11.2. The molecule has 2 aromatic rings. The Morgan fingerprint density at radius 3 is 2.53 bits per heavy atom. The van der Waals surface area contributed by atoms with Gasteiger partial charge in [-0.25, -0.2) is 4.39 Å². The molecule has 0 unspecified atom stereocenters. The van der Waals surface area contributed by atoms with Gasteiger partial charge < -0.3 is 5.32 Å². The minimum atomic E-state index is -0.264. The van der Waals surface area contributed by atoms with Crippen molar-refractivity contribution < 1.29 is 9.18 Å². The van der Waals surface area contributed by atoms with E-state index in [-0.39, 0.29) is 11.9 Å². The number of aldehydes is 1. The van der Waals surface area contributed by atoms with Gasteiger partial charge in [0.1, 0.15) is 12.1 Å². The normalized spacial score (nSPS) is 17.1. The highest BCUT2D eigenvalue weighted by Crippen LogP contribution is 2.33. The lowest BCUT2D eigenvalue weighted by molar-refractivity contribution is -0.103. The van der Waals surface area contributed by atoms with Gasteiger partial charge >= 0.3 is 0 Å². The van der Waals surface area contributed by atoms with E-state index in [4.69, 9.17) is 0 Å². The fourth-order valence-electron chi connectivity index (χ4n) is 2.29. The largest absolute Gasteiger partial charge is 0.374 e. The highest BCUT2D eigenvalue weighted by atomic mass is 19.1. The smallest absolute Gasteiger partial charge is 0.150 e. The molecule has 0 aliphatic carbocycles. The maximum Gasteiger partial charge on any atom is 0.150 e. The van der Waals surface area contributed by atoms with Crippen LogP contribution in [0.4, 0.5) is 10.1 Å². The second-order valence-electron chi connectivity index (χ2n) is 4.46. The topological polar surface area (TPSA) is 29.1 Å². The Hall–Kier alpha value is -2.42. The van der Waals surface area contributed by atoms with Crippen molar-refractivity contribution in [1.82, 2.24) is 0 Å². The number of para-hydroxylation sites is 1. The molecule has 1 aliphatic heterocycles. The standard InChI is InChI=1S/C16H12FNO/c17-13-7-5-11(6-8-13)16-9-12(10-19)14-3-1-2-4-15(14)18-16/h1-10,16,18H/t16-/m0/s1. The van der Waals surface area contributed by atoms with Gasteiger partial charge in [-0.2, -0.15) is 0 Å². The van der Waals surface area contributed by atoms with E-state index < -0.39 is 0 Å². The van der Waals surface area contributed by atoms with Gasteiger partial charge in [0.2, 0.25) is 0 Å². The molecule has 1 heterocycles. The Balaban J connectivity index is 2.03. The summed E-state index contributed by atoms with van der Waals surface area (Å²) >= 11 is 0. The molecule has 0 amide bonds. The molecule has 2 nitrogen and oxygen atoms in total. The molecule has 1 atom stereocenters. The third-order valence-electron chi connectivity index (χ3n) is 3.25. The number of anilines is 1. The Morgan fingerprint density at radius 2 is 1.79 bits per heavy atom. The first kappa shape index (κ1) is 11.7. The Bertz CT molecular complexity index is 646. The molecule has 1 aliphatic rings. The third kappa shape index (κ3) is 2.15. The molecule has 0 spiro atoms. The van der Waals surface area contributed by atoms with Crippen LogP contribution in [0, 0.1) is 5.82 Å². The van der Waals surface area contributed by atoms with E-state index in [1.165, 1.54) is 12.1 Å². The molecule has 0 bridgehead atoms. The molecule has 94 valence electrons. The van der Waals surface area contributed by atoms with Gasteiger partial charge in [0.25, 0.3) is 0 Å². The fourth-order valence-corrected chi connectivity index (χ4v) is 2.29. The molecule has 0 fully saturated rings. The Labute approximate surface area is 110 Å². The van der Waals surface area contributed by atoms with Crippen LogP contribution in [0.2, 0.25) is 0 Å². The lowest BCUT2D eigenvalue weighted by Crippen LogP contribution is -2.14. The number of carbonyl (C=O) groups excluding carboxylic acids is 1. The number of carbonyl (C=O) groups is 1. The number of halogens is 1. The molecule has 2 aromatic carbocycles. The second kappa shape index (κ2) is 4.69. The number of benzene rings is 2. The number of allylic oxidation sites excluding steroid dienone is 1. The van der Waals surface area contributed by atoms with Crippen LogP contribution in [0.5, 0.6) is 0 Å². The van der Waals surface area contributed by atoms with E-state index in [1.54, 1.807) is 12.1 Å². The lowest BCUT2D eigenvalue weighted by Gasteiger charge is -2.24. The number of nitrogens with one attached hydrogen (secondary N) is 1. The highest BCUT2D eigenvalue weighted by Gasteiger charge is 2.19. The molecule has 0 radical (unpaired) electrons. The minimum Gasteiger partial charge on any atom is -0.374 e. The fraction of sp³-hybridized carbons (Fsp3) is 0.0625. The number of hydrogen-bond acceptors (Lipinski definition) is 2. The third-order valence-corrected chi connectivity index (χ3v) is 3.25. The zero-order chi connectivity index (χ0) is 13.2. The van der Waals surface area contributed by atoms with E-state index in [9.17, 15) is 9.18 Å². The zero-order valence-corrected chi connectivity index (χ0v) is 10.1. The molecular formula is C16H12FNO. The van der Waals surface area contributed by atoms with Crippen molar-refractivity contribution in [2.75, 3.05) is 5.32 Å². The number of rotatable bonds is 2. The second-order valence-corrected chi connectivity index (χ2v) is 4.46. The molecule has 0 aromatic heterocycles. The average molecular weight is 253 g/mol.